The van der Waals surface area contributed by atoms with Crippen LogP contribution in [0.25, 0.3) is 0 Å². The van der Waals surface area contributed by atoms with Gasteiger partial charge in [0.15, 0.2) is 0 Å². The van der Waals surface area contributed by atoms with Crippen molar-refractivity contribution in [2.45, 2.75) is 19.8 Å². The first-order chi connectivity index (χ1) is 10.9. The van der Waals surface area contributed by atoms with E-state index in [1.165, 1.54) is 6.07 Å². The molecule has 2 rings (SSSR count). The Bertz CT molecular complexity index is 728. The Hall–Kier alpha value is -2.04. The van der Waals surface area contributed by atoms with Crippen molar-refractivity contribution in [3.05, 3.63) is 58.1 Å². The van der Waals surface area contributed by atoms with E-state index in [1.54, 1.807) is 24.3 Å². The Balaban J connectivity index is 2.02. The number of hydrogen-bond donors (Lipinski definition) is 2. The van der Waals surface area contributed by atoms with E-state index in [-0.39, 0.29) is 5.69 Å². The second kappa shape index (κ2) is 7.49. The molecular weight excluding hydrogens is 335 g/mol. The summed E-state index contributed by atoms with van der Waals surface area (Å²) in [7, 11) is 0. The first-order valence-corrected chi connectivity index (χ1v) is 7.79. The molecule has 0 aromatic heterocycles. The van der Waals surface area contributed by atoms with Gasteiger partial charge in [-0.05, 0) is 41.8 Å². The molecule has 0 fully saturated rings. The SMILES string of the molecule is CC(C)c1ccc(NC(=O)C(=O)Nc2cc(Cl)ccc2Cl)cc1. The van der Waals surface area contributed by atoms with Crippen molar-refractivity contribution < 1.29 is 9.59 Å². The number of carbonyl (C=O) groups excluding carboxylic acids is 2. The first kappa shape index (κ1) is 17.3. The molecule has 0 atom stereocenters. The fourth-order valence-electron chi connectivity index (χ4n) is 1.91. The summed E-state index contributed by atoms with van der Waals surface area (Å²) in [6, 6.07) is 11.9. The van der Waals surface area contributed by atoms with Crippen LogP contribution < -0.4 is 10.6 Å². The van der Waals surface area contributed by atoms with Crippen LogP contribution >= 0.6 is 23.2 Å². The Morgan fingerprint density at radius 3 is 2.13 bits per heavy atom. The second-order valence-corrected chi connectivity index (χ2v) is 6.15. The maximum atomic E-state index is 11.9. The minimum absolute atomic E-state index is 0.287. The average molecular weight is 351 g/mol. The quantitative estimate of drug-likeness (QED) is 0.788. The second-order valence-electron chi connectivity index (χ2n) is 5.31. The highest BCUT2D eigenvalue weighted by Gasteiger charge is 2.15. The van der Waals surface area contributed by atoms with E-state index in [0.29, 0.717) is 21.7 Å². The summed E-state index contributed by atoms with van der Waals surface area (Å²) in [5.74, 6) is -1.20. The van der Waals surface area contributed by atoms with E-state index < -0.39 is 11.8 Å². The Morgan fingerprint density at radius 2 is 1.52 bits per heavy atom. The van der Waals surface area contributed by atoms with E-state index in [9.17, 15) is 9.59 Å². The minimum atomic E-state index is -0.817. The third-order valence-corrected chi connectivity index (χ3v) is 3.78. The predicted octanol–water partition coefficient (Wildman–Crippen LogP) is 4.69. The van der Waals surface area contributed by atoms with Gasteiger partial charge in [0.2, 0.25) is 0 Å². The molecule has 0 saturated heterocycles. The van der Waals surface area contributed by atoms with Crippen molar-refractivity contribution in [3.63, 3.8) is 0 Å². The normalized spacial score (nSPS) is 10.5. The fourth-order valence-corrected chi connectivity index (χ4v) is 2.25. The molecule has 0 aliphatic rings. The number of hydrogen-bond acceptors (Lipinski definition) is 2. The van der Waals surface area contributed by atoms with Gasteiger partial charge in [-0.25, -0.2) is 0 Å². The lowest BCUT2D eigenvalue weighted by Crippen LogP contribution is -2.29. The van der Waals surface area contributed by atoms with Gasteiger partial charge in [0.05, 0.1) is 10.7 Å². The number of halogens is 2. The number of rotatable bonds is 3. The van der Waals surface area contributed by atoms with Crippen LogP contribution in [0.2, 0.25) is 10.0 Å². The number of amides is 2. The molecule has 120 valence electrons. The molecule has 2 aromatic carbocycles. The van der Waals surface area contributed by atoms with Gasteiger partial charge in [0.1, 0.15) is 0 Å². The highest BCUT2D eigenvalue weighted by atomic mass is 35.5. The van der Waals surface area contributed by atoms with Crippen LogP contribution in [0.15, 0.2) is 42.5 Å². The molecular formula is C17H16Cl2N2O2. The van der Waals surface area contributed by atoms with Gasteiger partial charge in [0.25, 0.3) is 0 Å². The van der Waals surface area contributed by atoms with Crippen LogP contribution in [0.1, 0.15) is 25.3 Å². The van der Waals surface area contributed by atoms with Gasteiger partial charge in [-0.15, -0.1) is 0 Å². The Labute approximate surface area is 144 Å². The monoisotopic (exact) mass is 350 g/mol. The highest BCUT2D eigenvalue weighted by molar-refractivity contribution is 6.45. The maximum absolute atomic E-state index is 11.9. The van der Waals surface area contributed by atoms with Gasteiger partial charge in [-0.2, -0.15) is 0 Å². The van der Waals surface area contributed by atoms with Crippen molar-refractivity contribution in [2.24, 2.45) is 0 Å². The summed E-state index contributed by atoms with van der Waals surface area (Å²) in [5, 5.41) is 5.68. The minimum Gasteiger partial charge on any atom is -0.318 e. The fraction of sp³-hybridized carbons (Fsp3) is 0.176. The standard InChI is InChI=1S/C17H16Cl2N2O2/c1-10(2)11-3-6-13(7-4-11)20-16(22)17(23)21-15-9-12(18)5-8-14(15)19/h3-10H,1-2H3,(H,20,22)(H,21,23). The lowest BCUT2D eigenvalue weighted by molar-refractivity contribution is -0.132. The Kier molecular flexibility index (Phi) is 5.64. The zero-order valence-corrected chi connectivity index (χ0v) is 14.2. The van der Waals surface area contributed by atoms with Crippen LogP contribution in [-0.2, 0) is 9.59 Å². The average Bonchev–Trinajstić information content (AvgIpc) is 2.51. The third kappa shape index (κ3) is 4.71. The van der Waals surface area contributed by atoms with Gasteiger partial charge in [-0.1, -0.05) is 49.2 Å². The van der Waals surface area contributed by atoms with Crippen LogP contribution in [0, 0.1) is 0 Å². The smallest absolute Gasteiger partial charge is 0.314 e. The molecule has 0 spiro atoms. The summed E-state index contributed by atoms with van der Waals surface area (Å²) in [4.78, 5) is 23.9. The van der Waals surface area contributed by atoms with Crippen LogP contribution in [0.4, 0.5) is 11.4 Å². The first-order valence-electron chi connectivity index (χ1n) is 7.04. The molecule has 6 heteroatoms. The molecule has 0 aliphatic carbocycles. The maximum Gasteiger partial charge on any atom is 0.314 e. The van der Waals surface area contributed by atoms with Gasteiger partial charge in [-0.3, -0.25) is 9.59 Å². The van der Waals surface area contributed by atoms with Crippen molar-refractivity contribution in [1.82, 2.24) is 0 Å². The zero-order chi connectivity index (χ0) is 17.0. The van der Waals surface area contributed by atoms with Crippen LogP contribution in [0.5, 0.6) is 0 Å². The van der Waals surface area contributed by atoms with Crippen molar-refractivity contribution in [2.75, 3.05) is 10.6 Å². The van der Waals surface area contributed by atoms with E-state index in [2.05, 4.69) is 24.5 Å². The highest BCUT2D eigenvalue weighted by Crippen LogP contribution is 2.25. The zero-order valence-electron chi connectivity index (χ0n) is 12.7. The largest absolute Gasteiger partial charge is 0.318 e. The van der Waals surface area contributed by atoms with Crippen molar-refractivity contribution >= 4 is 46.4 Å². The number of anilines is 2. The molecule has 0 heterocycles. The Morgan fingerprint density at radius 1 is 0.913 bits per heavy atom. The molecule has 2 amide bonds. The molecule has 0 aliphatic heterocycles. The predicted molar refractivity (Wildman–Crippen MR) is 94.3 cm³/mol. The molecule has 0 bridgehead atoms. The molecule has 0 radical (unpaired) electrons. The number of carbonyl (C=O) groups is 2. The molecule has 23 heavy (non-hydrogen) atoms. The van der Waals surface area contributed by atoms with Gasteiger partial charge in [0, 0.05) is 10.7 Å². The van der Waals surface area contributed by atoms with Crippen molar-refractivity contribution in [1.29, 1.82) is 0 Å². The van der Waals surface area contributed by atoms with Crippen LogP contribution in [-0.4, -0.2) is 11.8 Å². The number of benzene rings is 2. The summed E-state index contributed by atoms with van der Waals surface area (Å²) >= 11 is 11.8. The summed E-state index contributed by atoms with van der Waals surface area (Å²) in [6.45, 7) is 4.16. The van der Waals surface area contributed by atoms with Gasteiger partial charge >= 0.3 is 11.8 Å². The lowest BCUT2D eigenvalue weighted by Gasteiger charge is -2.09. The third-order valence-electron chi connectivity index (χ3n) is 3.22. The molecule has 4 nitrogen and oxygen atoms in total. The van der Waals surface area contributed by atoms with Gasteiger partial charge < -0.3 is 10.6 Å². The molecule has 2 aromatic rings. The molecule has 0 saturated carbocycles. The van der Waals surface area contributed by atoms with E-state index >= 15 is 0 Å². The van der Waals surface area contributed by atoms with E-state index in [4.69, 9.17) is 23.2 Å². The van der Waals surface area contributed by atoms with Crippen LogP contribution in [0.3, 0.4) is 0 Å². The summed E-state index contributed by atoms with van der Waals surface area (Å²) < 4.78 is 0. The summed E-state index contributed by atoms with van der Waals surface area (Å²) in [5.41, 5.74) is 1.99. The molecule has 2 N–H and O–H groups in total. The van der Waals surface area contributed by atoms with E-state index in [1.807, 2.05) is 12.1 Å². The van der Waals surface area contributed by atoms with E-state index in [0.717, 1.165) is 5.56 Å². The lowest BCUT2D eigenvalue weighted by atomic mass is 10.0. The number of nitrogens with one attached hydrogen (secondary N) is 2. The summed E-state index contributed by atoms with van der Waals surface area (Å²) in [6.07, 6.45) is 0. The van der Waals surface area contributed by atoms with Crippen molar-refractivity contribution in [3.8, 4) is 0 Å². The molecule has 0 unspecified atom stereocenters. The topological polar surface area (TPSA) is 58.2 Å².